The minimum Gasteiger partial charge on any atom is -0.378 e. The van der Waals surface area contributed by atoms with Gasteiger partial charge in [0.05, 0.1) is 11.3 Å². The van der Waals surface area contributed by atoms with Crippen molar-refractivity contribution in [3.8, 4) is 0 Å². The van der Waals surface area contributed by atoms with E-state index in [0.29, 0.717) is 11.3 Å². The first-order valence-corrected chi connectivity index (χ1v) is 8.32. The van der Waals surface area contributed by atoms with Crippen molar-refractivity contribution in [2.45, 2.75) is 13.8 Å². The number of rotatable bonds is 3. The molecule has 1 heterocycles. The molecule has 1 aliphatic heterocycles. The standard InChI is InChI=1S/C20H19ClN2O2/c1-12-8-9-14(10-13(12)2)17-18(21)20(25)23(19(17)24)16-7-5-6-15(11-16)22(3)4/h5-11H,1-4H3. The van der Waals surface area contributed by atoms with E-state index in [0.717, 1.165) is 21.7 Å². The fraction of sp³-hybridized carbons (Fsp3) is 0.200. The Labute approximate surface area is 152 Å². The molecule has 0 fully saturated rings. The SMILES string of the molecule is Cc1ccc(C2=C(Cl)C(=O)N(c3cccc(N(C)C)c3)C2=O)cc1C. The fourth-order valence-corrected chi connectivity index (χ4v) is 3.07. The van der Waals surface area contributed by atoms with Gasteiger partial charge in [-0.05, 0) is 48.7 Å². The lowest BCUT2D eigenvalue weighted by atomic mass is 10.0. The van der Waals surface area contributed by atoms with Gasteiger partial charge < -0.3 is 4.90 Å². The predicted molar refractivity (Wildman–Crippen MR) is 102 cm³/mol. The second kappa shape index (κ2) is 6.37. The van der Waals surface area contributed by atoms with Crippen molar-refractivity contribution in [2.75, 3.05) is 23.9 Å². The molecular weight excluding hydrogens is 336 g/mol. The lowest BCUT2D eigenvalue weighted by Crippen LogP contribution is -2.31. The summed E-state index contributed by atoms with van der Waals surface area (Å²) in [6, 6.07) is 12.9. The molecular formula is C20H19ClN2O2. The Balaban J connectivity index is 2.05. The van der Waals surface area contributed by atoms with Gasteiger partial charge in [0.1, 0.15) is 5.03 Å². The Morgan fingerprint density at radius 2 is 1.64 bits per heavy atom. The van der Waals surface area contributed by atoms with E-state index < -0.39 is 11.8 Å². The van der Waals surface area contributed by atoms with E-state index >= 15 is 0 Å². The highest BCUT2D eigenvalue weighted by atomic mass is 35.5. The lowest BCUT2D eigenvalue weighted by molar-refractivity contribution is -0.119. The normalized spacial score (nSPS) is 14.5. The molecule has 0 bridgehead atoms. The first kappa shape index (κ1) is 17.2. The van der Waals surface area contributed by atoms with Crippen molar-refractivity contribution >= 4 is 40.4 Å². The van der Waals surface area contributed by atoms with E-state index in [9.17, 15) is 9.59 Å². The molecule has 2 amide bonds. The maximum atomic E-state index is 13.0. The molecule has 5 heteroatoms. The van der Waals surface area contributed by atoms with Crippen LogP contribution in [0.5, 0.6) is 0 Å². The highest BCUT2D eigenvalue weighted by Gasteiger charge is 2.39. The van der Waals surface area contributed by atoms with E-state index in [1.807, 2.05) is 63.2 Å². The smallest absolute Gasteiger partial charge is 0.277 e. The summed E-state index contributed by atoms with van der Waals surface area (Å²) in [6.07, 6.45) is 0. The second-order valence-corrected chi connectivity index (χ2v) is 6.73. The lowest BCUT2D eigenvalue weighted by Gasteiger charge is -2.18. The summed E-state index contributed by atoms with van der Waals surface area (Å²) in [5, 5.41) is -0.0384. The van der Waals surface area contributed by atoms with Gasteiger partial charge in [0.15, 0.2) is 0 Å². The number of hydrogen-bond acceptors (Lipinski definition) is 3. The average molecular weight is 355 g/mol. The number of anilines is 2. The van der Waals surface area contributed by atoms with Crippen LogP contribution in [0.25, 0.3) is 5.57 Å². The van der Waals surface area contributed by atoms with Crippen LogP contribution in [0, 0.1) is 13.8 Å². The van der Waals surface area contributed by atoms with Crippen LogP contribution >= 0.6 is 11.6 Å². The zero-order valence-electron chi connectivity index (χ0n) is 14.6. The van der Waals surface area contributed by atoms with Crippen LogP contribution in [0.4, 0.5) is 11.4 Å². The van der Waals surface area contributed by atoms with E-state index in [1.165, 1.54) is 0 Å². The van der Waals surface area contributed by atoms with E-state index in [4.69, 9.17) is 11.6 Å². The van der Waals surface area contributed by atoms with Gasteiger partial charge in [-0.1, -0.05) is 35.9 Å². The van der Waals surface area contributed by atoms with Gasteiger partial charge in [-0.25, -0.2) is 4.90 Å². The molecule has 128 valence electrons. The summed E-state index contributed by atoms with van der Waals surface area (Å²) in [5.41, 5.74) is 4.49. The summed E-state index contributed by atoms with van der Waals surface area (Å²) in [7, 11) is 3.80. The fourth-order valence-electron chi connectivity index (χ4n) is 2.79. The first-order chi connectivity index (χ1) is 11.8. The van der Waals surface area contributed by atoms with Gasteiger partial charge in [-0.2, -0.15) is 0 Å². The van der Waals surface area contributed by atoms with Crippen molar-refractivity contribution in [1.82, 2.24) is 0 Å². The number of aryl methyl sites for hydroxylation is 2. The molecule has 0 saturated carbocycles. The summed E-state index contributed by atoms with van der Waals surface area (Å²) in [4.78, 5) is 28.6. The predicted octanol–water partition coefficient (Wildman–Crippen LogP) is 3.89. The molecule has 0 aromatic heterocycles. The van der Waals surface area contributed by atoms with Gasteiger partial charge in [0.25, 0.3) is 11.8 Å². The van der Waals surface area contributed by atoms with Crippen LogP contribution in [-0.2, 0) is 9.59 Å². The minimum atomic E-state index is -0.490. The van der Waals surface area contributed by atoms with Gasteiger partial charge in [-0.15, -0.1) is 0 Å². The molecule has 1 aliphatic rings. The molecule has 0 radical (unpaired) electrons. The maximum Gasteiger partial charge on any atom is 0.277 e. The Hall–Kier alpha value is -2.59. The van der Waals surface area contributed by atoms with Crippen LogP contribution in [0.2, 0.25) is 0 Å². The topological polar surface area (TPSA) is 40.6 Å². The van der Waals surface area contributed by atoms with Gasteiger partial charge in [0.2, 0.25) is 0 Å². The van der Waals surface area contributed by atoms with Gasteiger partial charge >= 0.3 is 0 Å². The number of carbonyl (C=O) groups is 2. The molecule has 0 unspecified atom stereocenters. The number of halogens is 1. The van der Waals surface area contributed by atoms with Crippen molar-refractivity contribution in [1.29, 1.82) is 0 Å². The minimum absolute atomic E-state index is 0.0384. The molecule has 2 aromatic carbocycles. The van der Waals surface area contributed by atoms with Crippen molar-refractivity contribution in [3.05, 3.63) is 64.2 Å². The monoisotopic (exact) mass is 354 g/mol. The maximum absolute atomic E-state index is 13.0. The average Bonchev–Trinajstić information content (AvgIpc) is 2.80. The Morgan fingerprint density at radius 1 is 0.920 bits per heavy atom. The number of carbonyl (C=O) groups excluding carboxylic acids is 2. The molecule has 2 aromatic rings. The number of amides is 2. The third-order valence-electron chi connectivity index (χ3n) is 4.43. The molecule has 0 spiro atoms. The van der Waals surface area contributed by atoms with Crippen molar-refractivity contribution in [3.63, 3.8) is 0 Å². The molecule has 0 aliphatic carbocycles. The first-order valence-electron chi connectivity index (χ1n) is 7.95. The largest absolute Gasteiger partial charge is 0.378 e. The summed E-state index contributed by atoms with van der Waals surface area (Å²) >= 11 is 6.25. The Bertz CT molecular complexity index is 916. The molecule has 0 saturated heterocycles. The highest BCUT2D eigenvalue weighted by Crippen LogP contribution is 2.36. The molecule has 4 nitrogen and oxygen atoms in total. The van der Waals surface area contributed by atoms with Crippen LogP contribution < -0.4 is 9.80 Å². The highest BCUT2D eigenvalue weighted by molar-refractivity contribution is 6.60. The quantitative estimate of drug-likeness (QED) is 0.785. The van der Waals surface area contributed by atoms with Crippen molar-refractivity contribution in [2.24, 2.45) is 0 Å². The summed E-state index contributed by atoms with van der Waals surface area (Å²) in [5.74, 6) is -0.884. The zero-order chi connectivity index (χ0) is 18.3. The summed E-state index contributed by atoms with van der Waals surface area (Å²) in [6.45, 7) is 3.96. The van der Waals surface area contributed by atoms with E-state index in [-0.39, 0.29) is 10.6 Å². The molecule has 0 N–H and O–H groups in total. The van der Waals surface area contributed by atoms with Crippen molar-refractivity contribution < 1.29 is 9.59 Å². The molecule has 25 heavy (non-hydrogen) atoms. The van der Waals surface area contributed by atoms with Gasteiger partial charge in [0, 0.05) is 19.8 Å². The van der Waals surface area contributed by atoms with Crippen LogP contribution in [-0.4, -0.2) is 25.9 Å². The van der Waals surface area contributed by atoms with E-state index in [1.54, 1.807) is 12.1 Å². The number of nitrogens with zero attached hydrogens (tertiary/aromatic N) is 2. The third kappa shape index (κ3) is 2.94. The van der Waals surface area contributed by atoms with Gasteiger partial charge in [-0.3, -0.25) is 9.59 Å². The molecule has 0 atom stereocenters. The van der Waals surface area contributed by atoms with E-state index in [2.05, 4.69) is 0 Å². The zero-order valence-corrected chi connectivity index (χ0v) is 15.4. The number of hydrogen-bond donors (Lipinski definition) is 0. The Morgan fingerprint density at radius 3 is 2.28 bits per heavy atom. The number of imide groups is 1. The molecule has 3 rings (SSSR count). The number of benzene rings is 2. The van der Waals surface area contributed by atoms with Crippen LogP contribution in [0.3, 0.4) is 0 Å². The van der Waals surface area contributed by atoms with Crippen LogP contribution in [0.15, 0.2) is 47.5 Å². The third-order valence-corrected chi connectivity index (χ3v) is 4.78. The summed E-state index contributed by atoms with van der Waals surface area (Å²) < 4.78 is 0. The van der Waals surface area contributed by atoms with Crippen LogP contribution in [0.1, 0.15) is 16.7 Å². The second-order valence-electron chi connectivity index (χ2n) is 6.35. The Kier molecular flexibility index (Phi) is 4.39.